The minimum Gasteiger partial charge on any atom is -0.321 e. The molecule has 3 heteroatoms. The van der Waals surface area contributed by atoms with Crippen LogP contribution in [0, 0.1) is 5.82 Å². The molecule has 60 valence electrons. The molecule has 0 saturated carbocycles. The van der Waals surface area contributed by atoms with Gasteiger partial charge in [0.15, 0.2) is 0 Å². The van der Waals surface area contributed by atoms with E-state index in [0.717, 1.165) is 0 Å². The van der Waals surface area contributed by atoms with Crippen molar-refractivity contribution in [1.82, 2.24) is 0 Å². The van der Waals surface area contributed by atoms with E-state index in [-0.39, 0.29) is 11.7 Å². The standard InChI is InChI=1S/C9H6FNO/c1-5-7-3-2-6(10)4-8(7)11-9(5)12/h2-4H,1H2,(H,11,12). The summed E-state index contributed by atoms with van der Waals surface area (Å²) in [5.41, 5.74) is 1.58. The Morgan fingerprint density at radius 3 is 2.92 bits per heavy atom. The van der Waals surface area contributed by atoms with Crippen LogP contribution >= 0.6 is 0 Å². The second-order valence-electron chi connectivity index (χ2n) is 2.62. The molecule has 0 spiro atoms. The first-order valence-electron chi connectivity index (χ1n) is 3.48. The Morgan fingerprint density at radius 1 is 1.42 bits per heavy atom. The van der Waals surface area contributed by atoms with E-state index in [2.05, 4.69) is 11.9 Å². The van der Waals surface area contributed by atoms with Crippen LogP contribution < -0.4 is 5.32 Å². The fourth-order valence-corrected chi connectivity index (χ4v) is 1.20. The Bertz CT molecular complexity index is 384. The zero-order valence-corrected chi connectivity index (χ0v) is 6.23. The minimum atomic E-state index is -0.358. The highest BCUT2D eigenvalue weighted by Gasteiger charge is 2.21. The van der Waals surface area contributed by atoms with E-state index in [0.29, 0.717) is 16.8 Å². The van der Waals surface area contributed by atoms with Gasteiger partial charge in [-0.25, -0.2) is 4.39 Å². The lowest BCUT2D eigenvalue weighted by molar-refractivity contribution is -0.110. The molecule has 0 radical (unpaired) electrons. The third kappa shape index (κ3) is 0.830. The predicted molar refractivity (Wildman–Crippen MR) is 44.1 cm³/mol. The molecule has 1 aromatic rings. The maximum absolute atomic E-state index is 12.6. The monoisotopic (exact) mass is 163 g/mol. The Hall–Kier alpha value is -1.64. The fourth-order valence-electron chi connectivity index (χ4n) is 1.20. The lowest BCUT2D eigenvalue weighted by Gasteiger charge is -1.95. The Balaban J connectivity index is 2.62. The number of halogens is 1. The maximum Gasteiger partial charge on any atom is 0.255 e. The Labute approximate surface area is 68.7 Å². The number of hydrogen-bond donors (Lipinski definition) is 1. The van der Waals surface area contributed by atoms with Gasteiger partial charge in [-0.3, -0.25) is 4.79 Å². The molecule has 1 N–H and O–H groups in total. The van der Waals surface area contributed by atoms with Gasteiger partial charge in [-0.1, -0.05) is 6.58 Å². The first-order chi connectivity index (χ1) is 5.68. The summed E-state index contributed by atoms with van der Waals surface area (Å²) in [7, 11) is 0. The largest absolute Gasteiger partial charge is 0.321 e. The van der Waals surface area contributed by atoms with Crippen molar-refractivity contribution in [3.63, 3.8) is 0 Å². The molecule has 2 nitrogen and oxygen atoms in total. The van der Waals surface area contributed by atoms with Crippen molar-refractivity contribution >= 4 is 17.2 Å². The van der Waals surface area contributed by atoms with Gasteiger partial charge in [0, 0.05) is 11.1 Å². The summed E-state index contributed by atoms with van der Waals surface area (Å²) in [6.45, 7) is 3.57. The summed E-state index contributed by atoms with van der Waals surface area (Å²) in [6.07, 6.45) is 0. The molecule has 1 amide bonds. The molecule has 12 heavy (non-hydrogen) atoms. The molecule has 1 aromatic carbocycles. The average Bonchev–Trinajstić information content (AvgIpc) is 2.28. The molecule has 1 aliphatic heterocycles. The molecule has 0 fully saturated rings. The van der Waals surface area contributed by atoms with Crippen LogP contribution in [0.4, 0.5) is 10.1 Å². The van der Waals surface area contributed by atoms with Crippen LogP contribution in [-0.4, -0.2) is 5.91 Å². The first kappa shape index (κ1) is 7.03. The lowest BCUT2D eigenvalue weighted by Crippen LogP contribution is -2.02. The SMILES string of the molecule is C=C1C(=O)Nc2cc(F)ccc21. The number of fused-ring (bicyclic) bond motifs is 1. The summed E-state index contributed by atoms with van der Waals surface area (Å²) in [6, 6.07) is 4.14. The van der Waals surface area contributed by atoms with Gasteiger partial charge in [-0.15, -0.1) is 0 Å². The van der Waals surface area contributed by atoms with Crippen LogP contribution in [0.25, 0.3) is 5.57 Å². The number of nitrogens with one attached hydrogen (secondary N) is 1. The van der Waals surface area contributed by atoms with Crippen LogP contribution in [0.1, 0.15) is 5.56 Å². The number of benzene rings is 1. The quantitative estimate of drug-likeness (QED) is 0.580. The predicted octanol–water partition coefficient (Wildman–Crippen LogP) is 1.79. The van der Waals surface area contributed by atoms with Crippen molar-refractivity contribution in [3.8, 4) is 0 Å². The summed E-state index contributed by atoms with van der Waals surface area (Å²) < 4.78 is 12.6. The van der Waals surface area contributed by atoms with Crippen LogP contribution in [0.15, 0.2) is 24.8 Å². The highest BCUT2D eigenvalue weighted by molar-refractivity contribution is 6.30. The molecule has 1 aliphatic rings. The highest BCUT2D eigenvalue weighted by Crippen LogP contribution is 2.30. The summed E-state index contributed by atoms with van der Waals surface area (Å²) in [4.78, 5) is 11.0. The van der Waals surface area contributed by atoms with Gasteiger partial charge >= 0.3 is 0 Å². The summed E-state index contributed by atoms with van der Waals surface area (Å²) in [5, 5.41) is 2.51. The van der Waals surface area contributed by atoms with Gasteiger partial charge in [0.1, 0.15) is 5.82 Å². The normalized spacial score (nSPS) is 14.4. The number of carbonyl (C=O) groups excluding carboxylic acids is 1. The van der Waals surface area contributed by atoms with Gasteiger partial charge < -0.3 is 5.32 Å². The highest BCUT2D eigenvalue weighted by atomic mass is 19.1. The van der Waals surface area contributed by atoms with Crippen molar-refractivity contribution in [2.75, 3.05) is 5.32 Å². The van der Waals surface area contributed by atoms with Crippen LogP contribution in [0.5, 0.6) is 0 Å². The van der Waals surface area contributed by atoms with Crippen LogP contribution in [-0.2, 0) is 4.79 Å². The number of rotatable bonds is 0. The van der Waals surface area contributed by atoms with Gasteiger partial charge in [0.2, 0.25) is 0 Å². The molecule has 2 rings (SSSR count). The van der Waals surface area contributed by atoms with Crippen molar-refractivity contribution in [2.45, 2.75) is 0 Å². The van der Waals surface area contributed by atoms with Gasteiger partial charge in [0.25, 0.3) is 5.91 Å². The molecule has 0 aliphatic carbocycles. The molecule has 0 aromatic heterocycles. The summed E-state index contributed by atoms with van der Waals surface area (Å²) >= 11 is 0. The van der Waals surface area contributed by atoms with Crippen molar-refractivity contribution < 1.29 is 9.18 Å². The van der Waals surface area contributed by atoms with Crippen LogP contribution in [0.3, 0.4) is 0 Å². The molecule has 1 heterocycles. The van der Waals surface area contributed by atoms with E-state index in [1.807, 2.05) is 0 Å². The molecule has 0 bridgehead atoms. The molecule has 0 atom stereocenters. The molecular formula is C9H6FNO. The van der Waals surface area contributed by atoms with Crippen molar-refractivity contribution in [3.05, 3.63) is 36.2 Å². The van der Waals surface area contributed by atoms with E-state index in [9.17, 15) is 9.18 Å². The van der Waals surface area contributed by atoms with Crippen molar-refractivity contribution in [2.24, 2.45) is 0 Å². The zero-order valence-electron chi connectivity index (χ0n) is 6.23. The number of hydrogen-bond acceptors (Lipinski definition) is 1. The average molecular weight is 163 g/mol. The smallest absolute Gasteiger partial charge is 0.255 e. The number of amides is 1. The third-order valence-electron chi connectivity index (χ3n) is 1.83. The fraction of sp³-hybridized carbons (Fsp3) is 0. The van der Waals surface area contributed by atoms with Gasteiger partial charge in [-0.05, 0) is 18.2 Å². The zero-order chi connectivity index (χ0) is 8.72. The van der Waals surface area contributed by atoms with E-state index in [1.165, 1.54) is 12.1 Å². The van der Waals surface area contributed by atoms with Crippen LogP contribution in [0.2, 0.25) is 0 Å². The lowest BCUT2D eigenvalue weighted by atomic mass is 10.1. The van der Waals surface area contributed by atoms with E-state index < -0.39 is 0 Å². The van der Waals surface area contributed by atoms with Gasteiger partial charge in [-0.2, -0.15) is 0 Å². The topological polar surface area (TPSA) is 29.1 Å². The van der Waals surface area contributed by atoms with Gasteiger partial charge in [0.05, 0.1) is 5.69 Å². The number of anilines is 1. The second-order valence-corrected chi connectivity index (χ2v) is 2.62. The summed E-state index contributed by atoms with van der Waals surface area (Å²) in [5.74, 6) is -0.612. The molecular weight excluding hydrogens is 157 g/mol. The Morgan fingerprint density at radius 2 is 2.17 bits per heavy atom. The second kappa shape index (κ2) is 2.17. The van der Waals surface area contributed by atoms with E-state index in [1.54, 1.807) is 6.07 Å². The van der Waals surface area contributed by atoms with Crippen molar-refractivity contribution in [1.29, 1.82) is 0 Å². The molecule has 0 saturated heterocycles. The van der Waals surface area contributed by atoms with E-state index >= 15 is 0 Å². The third-order valence-corrected chi connectivity index (χ3v) is 1.83. The first-order valence-corrected chi connectivity index (χ1v) is 3.48. The number of carbonyl (C=O) groups is 1. The van der Waals surface area contributed by atoms with E-state index in [4.69, 9.17) is 0 Å². The maximum atomic E-state index is 12.6. The Kier molecular flexibility index (Phi) is 1.27. The molecule has 0 unspecified atom stereocenters. The minimum absolute atomic E-state index is 0.254.